The van der Waals surface area contributed by atoms with Crippen LogP contribution in [0.3, 0.4) is 0 Å². The van der Waals surface area contributed by atoms with Gasteiger partial charge >= 0.3 is 0 Å². The molecular formula is C13H16N2O. The molecule has 0 aromatic heterocycles. The van der Waals surface area contributed by atoms with Crippen molar-refractivity contribution < 1.29 is 4.79 Å². The summed E-state index contributed by atoms with van der Waals surface area (Å²) in [6.07, 6.45) is 2.04. The highest BCUT2D eigenvalue weighted by atomic mass is 16.2. The molecule has 0 spiro atoms. The molecule has 0 radical (unpaired) electrons. The Morgan fingerprint density at radius 1 is 1.38 bits per heavy atom. The fourth-order valence-electron chi connectivity index (χ4n) is 2.60. The summed E-state index contributed by atoms with van der Waals surface area (Å²) < 4.78 is 0. The Labute approximate surface area is 95.2 Å². The van der Waals surface area contributed by atoms with Crippen molar-refractivity contribution in [1.82, 2.24) is 4.90 Å². The average Bonchev–Trinajstić information content (AvgIpc) is 3.00. The second-order valence-corrected chi connectivity index (χ2v) is 5.00. The quantitative estimate of drug-likeness (QED) is 0.768. The van der Waals surface area contributed by atoms with Gasteiger partial charge in [0.05, 0.1) is 0 Å². The van der Waals surface area contributed by atoms with Crippen molar-refractivity contribution >= 4 is 5.91 Å². The van der Waals surface area contributed by atoms with E-state index in [4.69, 9.17) is 5.73 Å². The van der Waals surface area contributed by atoms with Crippen molar-refractivity contribution in [1.29, 1.82) is 0 Å². The molecule has 84 valence electrons. The second kappa shape index (κ2) is 3.32. The third-order valence-corrected chi connectivity index (χ3v) is 3.88. The van der Waals surface area contributed by atoms with Gasteiger partial charge < -0.3 is 10.6 Å². The lowest BCUT2D eigenvalue weighted by Crippen LogP contribution is -2.44. The Morgan fingerprint density at radius 2 is 2.12 bits per heavy atom. The molecule has 1 aliphatic carbocycles. The van der Waals surface area contributed by atoms with Gasteiger partial charge in [0.2, 0.25) is 0 Å². The molecule has 1 saturated heterocycles. The molecule has 3 nitrogen and oxygen atoms in total. The topological polar surface area (TPSA) is 46.3 Å². The van der Waals surface area contributed by atoms with Crippen molar-refractivity contribution in [3.05, 3.63) is 35.9 Å². The van der Waals surface area contributed by atoms with Crippen LogP contribution in [-0.4, -0.2) is 29.4 Å². The largest absolute Gasteiger partial charge is 0.338 e. The first-order chi connectivity index (χ1) is 7.69. The van der Waals surface area contributed by atoms with E-state index in [2.05, 4.69) is 0 Å². The second-order valence-electron chi connectivity index (χ2n) is 5.00. The summed E-state index contributed by atoms with van der Waals surface area (Å²) in [5, 5.41) is 0. The van der Waals surface area contributed by atoms with Gasteiger partial charge in [-0.2, -0.15) is 0 Å². The van der Waals surface area contributed by atoms with Crippen molar-refractivity contribution in [2.75, 3.05) is 13.1 Å². The van der Waals surface area contributed by atoms with Gasteiger partial charge in [0, 0.05) is 24.2 Å². The summed E-state index contributed by atoms with van der Waals surface area (Å²) in [5.41, 5.74) is 6.96. The third-order valence-electron chi connectivity index (χ3n) is 3.88. The maximum Gasteiger partial charge on any atom is 0.253 e. The number of fused-ring (bicyclic) bond motifs is 1. The molecule has 2 atom stereocenters. The standard InChI is InChI=1S/C13H16N2O/c14-13-6-7-15(9-11(13)8-13)12(16)10-4-2-1-3-5-10/h1-5,11H,6-9,14H2. The molecule has 16 heavy (non-hydrogen) atoms. The number of nitrogens with two attached hydrogens (primary N) is 1. The van der Waals surface area contributed by atoms with Crippen molar-refractivity contribution in [3.8, 4) is 0 Å². The number of hydrogen-bond donors (Lipinski definition) is 1. The van der Waals surface area contributed by atoms with E-state index >= 15 is 0 Å². The monoisotopic (exact) mass is 216 g/mol. The van der Waals surface area contributed by atoms with Gasteiger partial charge in [0.25, 0.3) is 5.91 Å². The number of carbonyl (C=O) groups is 1. The van der Waals surface area contributed by atoms with Gasteiger partial charge in [-0.3, -0.25) is 4.79 Å². The number of piperidine rings is 1. The van der Waals surface area contributed by atoms with E-state index in [0.717, 1.165) is 31.5 Å². The molecule has 2 N–H and O–H groups in total. The maximum atomic E-state index is 12.2. The molecule has 2 aliphatic rings. The van der Waals surface area contributed by atoms with E-state index in [1.54, 1.807) is 0 Å². The maximum absolute atomic E-state index is 12.2. The minimum absolute atomic E-state index is 0.0630. The molecule has 1 saturated carbocycles. The molecule has 1 aromatic carbocycles. The number of benzene rings is 1. The van der Waals surface area contributed by atoms with Crippen LogP contribution in [0, 0.1) is 5.92 Å². The van der Waals surface area contributed by atoms with Crippen LogP contribution in [-0.2, 0) is 0 Å². The summed E-state index contributed by atoms with van der Waals surface area (Å²) in [5.74, 6) is 0.684. The van der Waals surface area contributed by atoms with Crippen LogP contribution in [0.5, 0.6) is 0 Å². The van der Waals surface area contributed by atoms with Gasteiger partial charge in [0.15, 0.2) is 0 Å². The molecule has 1 amide bonds. The summed E-state index contributed by atoms with van der Waals surface area (Å²) in [6, 6.07) is 9.49. The lowest BCUT2D eigenvalue weighted by atomic mass is 10.0. The first kappa shape index (κ1) is 9.85. The van der Waals surface area contributed by atoms with Gasteiger partial charge in [-0.05, 0) is 30.9 Å². The molecule has 0 bridgehead atoms. The van der Waals surface area contributed by atoms with Crippen LogP contribution in [0.15, 0.2) is 30.3 Å². The third kappa shape index (κ3) is 1.52. The summed E-state index contributed by atoms with van der Waals surface area (Å²) in [7, 11) is 0. The minimum Gasteiger partial charge on any atom is -0.338 e. The number of likely N-dealkylation sites (tertiary alicyclic amines) is 1. The fourth-order valence-corrected chi connectivity index (χ4v) is 2.60. The first-order valence-electron chi connectivity index (χ1n) is 5.82. The van der Waals surface area contributed by atoms with Gasteiger partial charge in [0.1, 0.15) is 0 Å². The predicted molar refractivity (Wildman–Crippen MR) is 62.0 cm³/mol. The number of amides is 1. The molecule has 1 aromatic rings. The van der Waals surface area contributed by atoms with Crippen molar-refractivity contribution in [2.24, 2.45) is 11.7 Å². The highest BCUT2D eigenvalue weighted by Gasteiger charge is 2.54. The first-order valence-corrected chi connectivity index (χ1v) is 5.82. The SMILES string of the molecule is NC12CCN(C(=O)c3ccccc3)CC1C2. The van der Waals surface area contributed by atoms with Crippen LogP contribution >= 0.6 is 0 Å². The number of rotatable bonds is 1. The molecule has 1 heterocycles. The zero-order valence-electron chi connectivity index (χ0n) is 9.23. The molecular weight excluding hydrogens is 200 g/mol. The van der Waals surface area contributed by atoms with E-state index in [0.29, 0.717) is 5.92 Å². The van der Waals surface area contributed by atoms with Crippen LogP contribution in [0.4, 0.5) is 0 Å². The Kier molecular flexibility index (Phi) is 2.04. The summed E-state index contributed by atoms with van der Waals surface area (Å²) in [6.45, 7) is 1.64. The van der Waals surface area contributed by atoms with Crippen LogP contribution < -0.4 is 5.73 Å². The zero-order chi connectivity index (χ0) is 11.2. The molecule has 2 unspecified atom stereocenters. The number of hydrogen-bond acceptors (Lipinski definition) is 2. The smallest absolute Gasteiger partial charge is 0.253 e. The van der Waals surface area contributed by atoms with Crippen LogP contribution in [0.1, 0.15) is 23.2 Å². The van der Waals surface area contributed by atoms with Crippen molar-refractivity contribution in [2.45, 2.75) is 18.4 Å². The molecule has 1 aliphatic heterocycles. The normalized spacial score (nSPS) is 32.1. The Morgan fingerprint density at radius 3 is 2.81 bits per heavy atom. The Hall–Kier alpha value is -1.35. The molecule has 3 heteroatoms. The summed E-state index contributed by atoms with van der Waals surface area (Å²) in [4.78, 5) is 14.1. The number of nitrogens with zero attached hydrogens (tertiary/aromatic N) is 1. The van der Waals surface area contributed by atoms with Crippen LogP contribution in [0.2, 0.25) is 0 Å². The average molecular weight is 216 g/mol. The van der Waals surface area contributed by atoms with E-state index in [9.17, 15) is 4.79 Å². The lowest BCUT2D eigenvalue weighted by molar-refractivity contribution is 0.0709. The lowest BCUT2D eigenvalue weighted by Gasteiger charge is -2.29. The number of carbonyl (C=O) groups excluding carboxylic acids is 1. The fraction of sp³-hybridized carbons (Fsp3) is 0.462. The van der Waals surface area contributed by atoms with E-state index in [1.165, 1.54) is 0 Å². The van der Waals surface area contributed by atoms with Crippen molar-refractivity contribution in [3.63, 3.8) is 0 Å². The Bertz CT molecular complexity index is 417. The summed E-state index contributed by atoms with van der Waals surface area (Å²) >= 11 is 0. The predicted octanol–water partition coefficient (Wildman–Crippen LogP) is 1.25. The van der Waals surface area contributed by atoms with E-state index in [-0.39, 0.29) is 11.4 Å². The minimum atomic E-state index is 0.0630. The zero-order valence-corrected chi connectivity index (χ0v) is 9.23. The van der Waals surface area contributed by atoms with E-state index < -0.39 is 0 Å². The molecule has 3 rings (SSSR count). The van der Waals surface area contributed by atoms with Crippen LogP contribution in [0.25, 0.3) is 0 Å². The van der Waals surface area contributed by atoms with Gasteiger partial charge in [-0.25, -0.2) is 0 Å². The van der Waals surface area contributed by atoms with Gasteiger partial charge in [-0.15, -0.1) is 0 Å². The highest BCUT2D eigenvalue weighted by molar-refractivity contribution is 5.94. The highest BCUT2D eigenvalue weighted by Crippen LogP contribution is 2.47. The molecule has 2 fully saturated rings. The van der Waals surface area contributed by atoms with E-state index in [1.807, 2.05) is 35.2 Å². The Balaban J connectivity index is 1.73. The van der Waals surface area contributed by atoms with Gasteiger partial charge in [-0.1, -0.05) is 18.2 Å².